The summed E-state index contributed by atoms with van der Waals surface area (Å²) in [5.41, 5.74) is 1.30. The molecule has 152 valence electrons. The topological polar surface area (TPSA) is 161 Å². The van der Waals surface area contributed by atoms with Crippen molar-refractivity contribution in [3.63, 3.8) is 0 Å². The highest BCUT2D eigenvalue weighted by molar-refractivity contribution is 7.99. The molecule has 0 aliphatic rings. The third kappa shape index (κ3) is 7.11. The van der Waals surface area contributed by atoms with E-state index in [1.54, 1.807) is 25.1 Å². The van der Waals surface area contributed by atoms with Gasteiger partial charge in [-0.3, -0.25) is 4.79 Å². The molecule has 4 N–H and O–H groups in total. The summed E-state index contributed by atoms with van der Waals surface area (Å²) in [5.74, 6) is -1.15. The van der Waals surface area contributed by atoms with Crippen molar-refractivity contribution in [1.29, 1.82) is 0 Å². The zero-order chi connectivity index (χ0) is 20.7. The Balaban J connectivity index is 1.99. The van der Waals surface area contributed by atoms with Crippen LogP contribution in [0.2, 0.25) is 5.02 Å². The van der Waals surface area contributed by atoms with Gasteiger partial charge in [0.15, 0.2) is 10.7 Å². The Labute approximate surface area is 170 Å². The number of nitrogens with zero attached hydrogens (tertiary/aromatic N) is 3. The summed E-state index contributed by atoms with van der Waals surface area (Å²) in [6.07, 6.45) is 0.249. The van der Waals surface area contributed by atoms with Crippen LogP contribution < -0.4 is 10.5 Å². The monoisotopic (exact) mass is 447 g/mol. The molecule has 1 atom stereocenters. The number of nitrogens with one attached hydrogen (secondary N) is 1. The van der Waals surface area contributed by atoms with Crippen LogP contribution >= 0.6 is 23.4 Å². The van der Waals surface area contributed by atoms with Crippen molar-refractivity contribution in [3.05, 3.63) is 40.5 Å². The largest absolute Gasteiger partial charge is 0.411 e. The minimum Gasteiger partial charge on any atom is -0.411 e. The fourth-order valence-corrected chi connectivity index (χ4v) is 3.73. The van der Waals surface area contributed by atoms with Gasteiger partial charge in [0, 0.05) is 23.2 Å². The van der Waals surface area contributed by atoms with Crippen LogP contribution in [0.1, 0.15) is 18.2 Å². The maximum atomic E-state index is 11.6. The molecule has 0 radical (unpaired) electrons. The number of hydrogen-bond donors (Lipinski definition) is 3. The van der Waals surface area contributed by atoms with E-state index >= 15 is 0 Å². The Morgan fingerprint density at radius 1 is 1.46 bits per heavy atom. The molecular weight excluding hydrogens is 430 g/mol. The molecule has 1 aromatic carbocycles. The van der Waals surface area contributed by atoms with Crippen molar-refractivity contribution in [2.24, 2.45) is 10.3 Å². The predicted octanol–water partition coefficient (Wildman–Crippen LogP) is 1.03. The molecule has 0 saturated carbocycles. The first-order valence-corrected chi connectivity index (χ1v) is 11.0. The zero-order valence-corrected chi connectivity index (χ0v) is 17.1. The van der Waals surface area contributed by atoms with E-state index in [0.29, 0.717) is 15.8 Å². The van der Waals surface area contributed by atoms with Gasteiger partial charge in [0.05, 0.1) is 0 Å². The van der Waals surface area contributed by atoms with Gasteiger partial charge in [0.1, 0.15) is 11.5 Å². The lowest BCUT2D eigenvalue weighted by molar-refractivity contribution is -0.119. The number of primary sulfonamides is 1. The number of thioether (sulfide) groups is 1. The second kappa shape index (κ2) is 9.87. The van der Waals surface area contributed by atoms with Gasteiger partial charge in [0.25, 0.3) is 0 Å². The fourth-order valence-electron chi connectivity index (χ4n) is 2.20. The van der Waals surface area contributed by atoms with Crippen LogP contribution in [-0.4, -0.2) is 53.1 Å². The minimum atomic E-state index is -3.89. The predicted molar refractivity (Wildman–Crippen MR) is 104 cm³/mol. The van der Waals surface area contributed by atoms with Crippen molar-refractivity contribution < 1.29 is 23.0 Å². The summed E-state index contributed by atoms with van der Waals surface area (Å²) in [5, 5.41) is 28.5. The highest BCUT2D eigenvalue weighted by atomic mass is 35.5. The second-order valence-corrected chi connectivity index (χ2v) is 8.92. The summed E-state index contributed by atoms with van der Waals surface area (Å²) >= 11 is 7.16. The first-order chi connectivity index (χ1) is 13.2. The number of hydrogen-bond acceptors (Lipinski definition) is 9. The molecule has 13 heteroatoms. The van der Waals surface area contributed by atoms with Gasteiger partial charge in [-0.1, -0.05) is 40.7 Å². The van der Waals surface area contributed by atoms with Crippen molar-refractivity contribution in [2.75, 3.05) is 11.5 Å². The van der Waals surface area contributed by atoms with Gasteiger partial charge in [0.2, 0.25) is 15.9 Å². The van der Waals surface area contributed by atoms with Gasteiger partial charge in [-0.2, -0.15) is 0 Å². The smallest absolute Gasteiger partial charge is 0.236 e. The van der Waals surface area contributed by atoms with Crippen LogP contribution in [-0.2, 0) is 21.2 Å². The van der Waals surface area contributed by atoms with E-state index in [1.165, 1.54) is 11.8 Å². The van der Waals surface area contributed by atoms with E-state index in [4.69, 9.17) is 21.4 Å². The number of carbonyl (C=O) groups excluding carboxylic acids is 1. The van der Waals surface area contributed by atoms with Crippen molar-refractivity contribution in [2.45, 2.75) is 24.4 Å². The van der Waals surface area contributed by atoms with Crippen molar-refractivity contribution in [1.82, 2.24) is 15.6 Å². The molecular formula is C15H18ClN5O5S2. The lowest BCUT2D eigenvalue weighted by Gasteiger charge is -2.12. The van der Waals surface area contributed by atoms with E-state index in [1.807, 2.05) is 6.07 Å². The van der Waals surface area contributed by atoms with Crippen LogP contribution in [0.3, 0.4) is 0 Å². The molecule has 0 unspecified atom stereocenters. The van der Waals surface area contributed by atoms with Crippen LogP contribution in [0.25, 0.3) is 0 Å². The summed E-state index contributed by atoms with van der Waals surface area (Å²) in [6, 6.07) is 6.67. The molecule has 1 aromatic heterocycles. The molecule has 0 bridgehead atoms. The summed E-state index contributed by atoms with van der Waals surface area (Å²) in [6.45, 7) is 1.69. The van der Waals surface area contributed by atoms with E-state index in [0.717, 1.165) is 5.56 Å². The van der Waals surface area contributed by atoms with E-state index in [2.05, 4.69) is 20.8 Å². The molecule has 1 heterocycles. The average Bonchev–Trinajstić information content (AvgIpc) is 3.04. The number of carbonyl (C=O) groups is 1. The lowest BCUT2D eigenvalue weighted by atomic mass is 10.1. The number of sulfonamides is 1. The first-order valence-electron chi connectivity index (χ1n) is 7.89. The van der Waals surface area contributed by atoms with E-state index < -0.39 is 21.7 Å². The molecule has 28 heavy (non-hydrogen) atoms. The van der Waals surface area contributed by atoms with Crippen molar-refractivity contribution in [3.8, 4) is 0 Å². The quantitative estimate of drug-likeness (QED) is 0.222. The number of halogens is 1. The third-order valence-corrected chi connectivity index (χ3v) is 5.43. The summed E-state index contributed by atoms with van der Waals surface area (Å²) in [4.78, 5) is 11.6. The minimum absolute atomic E-state index is 0.233. The van der Waals surface area contributed by atoms with Gasteiger partial charge in [-0.15, -0.1) is 0 Å². The molecule has 0 fully saturated rings. The molecule has 1 amide bonds. The van der Waals surface area contributed by atoms with Gasteiger partial charge < -0.3 is 10.5 Å². The van der Waals surface area contributed by atoms with Crippen LogP contribution in [0.4, 0.5) is 0 Å². The molecule has 0 saturated heterocycles. The van der Waals surface area contributed by atoms with Gasteiger partial charge in [-0.25, -0.2) is 18.2 Å². The fraction of sp³-hybridized carbons (Fsp3) is 0.333. The molecule has 2 aromatic rings. The standard InChI is InChI=1S/C15H18ClN5O5S2/c1-9(18-13(22)8-28(17,24)25)7-27-15-14(20-26-21-15)12(19-23)6-10-3-2-4-11(16)5-10/h2-5,9,23H,6-8H2,1H3,(H,18,22)(H2,17,24,25)/t9-/m0/s1. The Morgan fingerprint density at radius 2 is 2.21 bits per heavy atom. The Bertz CT molecular complexity index is 963. The summed E-state index contributed by atoms with van der Waals surface area (Å²) in [7, 11) is -3.89. The molecule has 0 aliphatic heterocycles. The Morgan fingerprint density at radius 3 is 2.86 bits per heavy atom. The maximum Gasteiger partial charge on any atom is 0.236 e. The zero-order valence-electron chi connectivity index (χ0n) is 14.7. The number of rotatable bonds is 9. The van der Waals surface area contributed by atoms with E-state index in [-0.39, 0.29) is 23.9 Å². The third-order valence-electron chi connectivity index (χ3n) is 3.32. The number of benzene rings is 1. The van der Waals surface area contributed by atoms with Crippen LogP contribution in [0.15, 0.2) is 39.1 Å². The van der Waals surface area contributed by atoms with Crippen molar-refractivity contribution >= 4 is 45.0 Å². The number of oxime groups is 1. The highest BCUT2D eigenvalue weighted by Crippen LogP contribution is 2.22. The SMILES string of the molecule is C[C@@H](CSc1nonc1C(Cc1cccc(Cl)c1)=NO)NC(=O)CS(N)(=O)=O. The molecule has 0 spiro atoms. The lowest BCUT2D eigenvalue weighted by Crippen LogP contribution is -2.39. The Kier molecular flexibility index (Phi) is 7.80. The summed E-state index contributed by atoms with van der Waals surface area (Å²) < 4.78 is 26.6. The van der Waals surface area contributed by atoms with Gasteiger partial charge >= 0.3 is 0 Å². The second-order valence-electron chi connectivity index (χ2n) is 5.86. The number of nitrogens with two attached hydrogens (primary N) is 1. The highest BCUT2D eigenvalue weighted by Gasteiger charge is 2.20. The van der Waals surface area contributed by atoms with Gasteiger partial charge in [-0.05, 0) is 34.9 Å². The van der Waals surface area contributed by atoms with Crippen LogP contribution in [0, 0.1) is 0 Å². The van der Waals surface area contributed by atoms with Crippen LogP contribution in [0.5, 0.6) is 0 Å². The molecule has 0 aliphatic carbocycles. The number of amides is 1. The molecule has 10 nitrogen and oxygen atoms in total. The molecule has 2 rings (SSSR count). The van der Waals surface area contributed by atoms with E-state index in [9.17, 15) is 18.4 Å². The number of aromatic nitrogens is 2. The normalized spacial score (nSPS) is 13.3. The first kappa shape index (κ1) is 22.1. The maximum absolute atomic E-state index is 11.6. The average molecular weight is 448 g/mol. The Hall–Kier alpha value is -2.15.